The Morgan fingerprint density at radius 3 is 2.53 bits per heavy atom. The fourth-order valence-corrected chi connectivity index (χ4v) is 4.58. The molecule has 0 unspecified atom stereocenters. The van der Waals surface area contributed by atoms with E-state index < -0.39 is 28.2 Å². The number of aromatic hydroxyl groups is 1. The van der Waals surface area contributed by atoms with Gasteiger partial charge in [-0.1, -0.05) is 36.4 Å². The Balaban J connectivity index is 1.86. The number of esters is 1. The Morgan fingerprint density at radius 2 is 1.88 bits per heavy atom. The maximum atomic E-state index is 13.4. The van der Waals surface area contributed by atoms with Crippen molar-refractivity contribution in [1.29, 1.82) is 0 Å². The molecule has 0 aromatic heterocycles. The molecule has 0 bridgehead atoms. The minimum Gasteiger partial charge on any atom is -0.502 e. The third kappa shape index (κ3) is 3.64. The van der Waals surface area contributed by atoms with Crippen molar-refractivity contribution in [2.24, 2.45) is 0 Å². The molecule has 2 aromatic carbocycles. The van der Waals surface area contributed by atoms with E-state index in [2.05, 4.69) is 5.32 Å². The first kappa shape index (κ1) is 21.3. The summed E-state index contributed by atoms with van der Waals surface area (Å²) in [6, 6.07) is 13.7. The topological polar surface area (TPSA) is 119 Å². The molecule has 32 heavy (non-hydrogen) atoms. The Labute approximate surface area is 184 Å². The van der Waals surface area contributed by atoms with Gasteiger partial charge in [0.25, 0.3) is 0 Å². The molecule has 2 N–H and O–H groups in total. The summed E-state index contributed by atoms with van der Waals surface area (Å²) in [5.74, 6) is -2.09. The van der Waals surface area contributed by atoms with Crippen LogP contribution in [-0.4, -0.2) is 28.9 Å². The molecular formula is C24H22N2O6. The van der Waals surface area contributed by atoms with Crippen LogP contribution in [0.25, 0.3) is 0 Å². The summed E-state index contributed by atoms with van der Waals surface area (Å²) in [5, 5.41) is 24.5. The number of ketones is 1. The van der Waals surface area contributed by atoms with Crippen LogP contribution in [-0.2, 0) is 14.3 Å². The van der Waals surface area contributed by atoms with Crippen LogP contribution in [0.1, 0.15) is 42.7 Å². The van der Waals surface area contributed by atoms with E-state index in [0.717, 1.165) is 5.56 Å². The van der Waals surface area contributed by atoms with Gasteiger partial charge >= 0.3 is 11.7 Å². The van der Waals surface area contributed by atoms with Gasteiger partial charge < -0.3 is 15.2 Å². The van der Waals surface area contributed by atoms with Crippen LogP contribution in [0.3, 0.4) is 0 Å². The van der Waals surface area contributed by atoms with Crippen LogP contribution in [0.15, 0.2) is 71.1 Å². The van der Waals surface area contributed by atoms with Gasteiger partial charge in [-0.2, -0.15) is 0 Å². The average molecular weight is 434 g/mol. The number of phenols is 1. The number of allylic oxidation sites excluding steroid dienone is 3. The van der Waals surface area contributed by atoms with E-state index >= 15 is 0 Å². The Bertz CT molecular complexity index is 1180. The molecule has 0 saturated heterocycles. The molecular weight excluding hydrogens is 412 g/mol. The van der Waals surface area contributed by atoms with Gasteiger partial charge in [-0.05, 0) is 36.5 Å². The first-order valence-electron chi connectivity index (χ1n) is 10.2. The number of dihydropyridines is 1. The third-order valence-electron chi connectivity index (χ3n) is 6.03. The zero-order valence-corrected chi connectivity index (χ0v) is 17.6. The van der Waals surface area contributed by atoms with Gasteiger partial charge in [-0.15, -0.1) is 0 Å². The molecule has 1 aliphatic heterocycles. The zero-order valence-electron chi connectivity index (χ0n) is 17.6. The van der Waals surface area contributed by atoms with E-state index in [1.54, 1.807) is 6.92 Å². The molecule has 2 atom stereocenters. The quantitative estimate of drug-likeness (QED) is 0.426. The van der Waals surface area contributed by atoms with E-state index in [0.29, 0.717) is 29.0 Å². The van der Waals surface area contributed by atoms with Crippen molar-refractivity contribution in [3.63, 3.8) is 0 Å². The number of nitrogens with zero attached hydrogens (tertiary/aromatic N) is 1. The summed E-state index contributed by atoms with van der Waals surface area (Å²) in [6.07, 6.45) is 0.822. The molecule has 1 heterocycles. The standard InChI is InChI=1S/C24H22N2O6/c1-13-21(24(29)32-2)22(15-8-9-19(27)18(11-15)26(30)31)23-17(25-13)10-16(12-20(23)28)14-6-4-3-5-7-14/h3-9,11,16,22,25,27H,10,12H2,1-2H3/t16-,22-/m0/s1. The smallest absolute Gasteiger partial charge is 0.336 e. The highest BCUT2D eigenvalue weighted by Crippen LogP contribution is 2.46. The van der Waals surface area contributed by atoms with E-state index in [4.69, 9.17) is 4.74 Å². The van der Waals surface area contributed by atoms with Gasteiger partial charge in [0.2, 0.25) is 0 Å². The lowest BCUT2D eigenvalue weighted by Gasteiger charge is -2.36. The largest absolute Gasteiger partial charge is 0.502 e. The maximum Gasteiger partial charge on any atom is 0.336 e. The molecule has 8 nitrogen and oxygen atoms in total. The average Bonchev–Trinajstić information content (AvgIpc) is 2.78. The highest BCUT2D eigenvalue weighted by molar-refractivity contribution is 6.04. The van der Waals surface area contributed by atoms with Crippen molar-refractivity contribution in [2.75, 3.05) is 7.11 Å². The summed E-state index contributed by atoms with van der Waals surface area (Å²) in [4.78, 5) is 36.8. The second-order valence-electron chi connectivity index (χ2n) is 7.92. The highest BCUT2D eigenvalue weighted by Gasteiger charge is 2.41. The van der Waals surface area contributed by atoms with Gasteiger partial charge in [0.1, 0.15) is 0 Å². The number of hydrogen-bond donors (Lipinski definition) is 2. The number of carbonyl (C=O) groups excluding carboxylic acids is 2. The summed E-state index contributed by atoms with van der Waals surface area (Å²) in [6.45, 7) is 1.72. The number of nitrogens with one attached hydrogen (secondary N) is 1. The molecule has 0 fully saturated rings. The number of nitro benzene ring substituents is 1. The van der Waals surface area contributed by atoms with Crippen LogP contribution >= 0.6 is 0 Å². The number of phenolic OH excluding ortho intramolecular Hbond substituents is 1. The first-order valence-corrected chi connectivity index (χ1v) is 10.2. The van der Waals surface area contributed by atoms with Crippen molar-refractivity contribution in [1.82, 2.24) is 5.32 Å². The molecule has 8 heteroatoms. The van der Waals surface area contributed by atoms with Gasteiger partial charge in [0, 0.05) is 35.4 Å². The molecule has 164 valence electrons. The number of carbonyl (C=O) groups is 2. The van der Waals surface area contributed by atoms with Crippen molar-refractivity contribution in [3.8, 4) is 5.75 Å². The van der Waals surface area contributed by atoms with Crippen LogP contribution in [0.5, 0.6) is 5.75 Å². The third-order valence-corrected chi connectivity index (χ3v) is 6.03. The summed E-state index contributed by atoms with van der Waals surface area (Å²) in [7, 11) is 1.25. The molecule has 0 spiro atoms. The zero-order chi connectivity index (χ0) is 23.0. The predicted molar refractivity (Wildman–Crippen MR) is 116 cm³/mol. The Kier molecular flexibility index (Phi) is 5.52. The van der Waals surface area contributed by atoms with E-state index in [1.165, 1.54) is 25.3 Å². The second-order valence-corrected chi connectivity index (χ2v) is 7.92. The number of nitro groups is 1. The number of Topliss-reactive ketones (excluding diaryl/α,β-unsaturated/α-hetero) is 1. The van der Waals surface area contributed by atoms with Crippen molar-refractivity contribution < 1.29 is 24.4 Å². The second kappa shape index (κ2) is 8.30. The number of benzene rings is 2. The monoisotopic (exact) mass is 434 g/mol. The van der Waals surface area contributed by atoms with Crippen LogP contribution < -0.4 is 5.32 Å². The number of methoxy groups -OCH3 is 1. The molecule has 0 radical (unpaired) electrons. The first-order chi connectivity index (χ1) is 15.3. The maximum absolute atomic E-state index is 13.4. The Hall–Kier alpha value is -3.94. The number of hydrogen-bond acceptors (Lipinski definition) is 7. The van der Waals surface area contributed by atoms with Crippen molar-refractivity contribution >= 4 is 17.4 Å². The number of rotatable bonds is 4. The van der Waals surface area contributed by atoms with E-state index in [9.17, 15) is 24.8 Å². The molecule has 1 aliphatic carbocycles. The van der Waals surface area contributed by atoms with Crippen LogP contribution in [0.2, 0.25) is 0 Å². The summed E-state index contributed by atoms with van der Waals surface area (Å²) >= 11 is 0. The molecule has 0 amide bonds. The lowest BCUT2D eigenvalue weighted by Crippen LogP contribution is -2.36. The van der Waals surface area contributed by atoms with Crippen LogP contribution in [0.4, 0.5) is 5.69 Å². The molecule has 2 aromatic rings. The SMILES string of the molecule is COC(=O)C1=C(C)NC2=C(C(=O)C[C@@H](c3ccccc3)C2)[C@H]1c1ccc(O)c([N+](=O)[O-])c1. The fraction of sp³-hybridized carbons (Fsp3) is 0.250. The minimum atomic E-state index is -0.831. The number of ether oxygens (including phenoxy) is 1. The van der Waals surface area contributed by atoms with Gasteiger partial charge in [0.05, 0.1) is 17.6 Å². The van der Waals surface area contributed by atoms with Crippen molar-refractivity contribution in [3.05, 3.63) is 92.3 Å². The molecule has 4 rings (SSSR count). The van der Waals surface area contributed by atoms with E-state index in [-0.39, 0.29) is 23.7 Å². The lowest BCUT2D eigenvalue weighted by atomic mass is 9.71. The fourth-order valence-electron chi connectivity index (χ4n) is 4.58. The predicted octanol–water partition coefficient (Wildman–Crippen LogP) is 3.84. The minimum absolute atomic E-state index is 0.0165. The van der Waals surface area contributed by atoms with Gasteiger partial charge in [0.15, 0.2) is 11.5 Å². The molecule has 2 aliphatic rings. The summed E-state index contributed by atoms with van der Waals surface area (Å²) < 4.78 is 4.96. The van der Waals surface area contributed by atoms with Gasteiger partial charge in [-0.3, -0.25) is 14.9 Å². The normalized spacial score (nSPS) is 20.5. The van der Waals surface area contributed by atoms with Crippen molar-refractivity contribution in [2.45, 2.75) is 31.6 Å². The highest BCUT2D eigenvalue weighted by atomic mass is 16.6. The summed E-state index contributed by atoms with van der Waals surface area (Å²) in [5.41, 5.74) is 2.77. The molecule has 0 saturated carbocycles. The van der Waals surface area contributed by atoms with Gasteiger partial charge in [-0.25, -0.2) is 4.79 Å². The van der Waals surface area contributed by atoms with E-state index in [1.807, 2.05) is 30.3 Å². The lowest BCUT2D eigenvalue weighted by molar-refractivity contribution is -0.385. The Morgan fingerprint density at radius 1 is 1.16 bits per heavy atom. The van der Waals surface area contributed by atoms with Crippen LogP contribution in [0, 0.1) is 10.1 Å².